The number of hydrogen-bond donors (Lipinski definition) is 1. The van der Waals surface area contributed by atoms with Crippen molar-refractivity contribution >= 4 is 15.9 Å². The minimum atomic E-state index is 0.521. The van der Waals surface area contributed by atoms with Gasteiger partial charge in [-0.1, -0.05) is 15.9 Å². The van der Waals surface area contributed by atoms with E-state index in [2.05, 4.69) is 53.2 Å². The maximum atomic E-state index is 5.33. The summed E-state index contributed by atoms with van der Waals surface area (Å²) < 4.78 is 6.41. The van der Waals surface area contributed by atoms with Gasteiger partial charge in [0.1, 0.15) is 5.75 Å². The van der Waals surface area contributed by atoms with E-state index in [9.17, 15) is 0 Å². The Hall–Kier alpha value is -0.580. The standard InChI is InChI=1S/C13H21BrN2O/c1-10(16(2)3)8-15-9-11-7-12(14)5-6-13(11)17-4/h5-7,10,15H,8-9H2,1-4H3. The molecule has 96 valence electrons. The Balaban J connectivity index is 2.53. The number of ether oxygens (including phenoxy) is 1. The molecule has 0 aromatic heterocycles. The highest BCUT2D eigenvalue weighted by molar-refractivity contribution is 9.10. The fraction of sp³-hybridized carbons (Fsp3) is 0.538. The summed E-state index contributed by atoms with van der Waals surface area (Å²) in [5.41, 5.74) is 1.17. The normalized spacial score (nSPS) is 12.8. The molecule has 1 aromatic rings. The van der Waals surface area contributed by atoms with Crippen LogP contribution in [0.2, 0.25) is 0 Å². The Morgan fingerprint density at radius 1 is 1.41 bits per heavy atom. The van der Waals surface area contributed by atoms with E-state index < -0.39 is 0 Å². The number of methoxy groups -OCH3 is 1. The molecule has 0 spiro atoms. The Labute approximate surface area is 112 Å². The number of benzene rings is 1. The van der Waals surface area contributed by atoms with Crippen LogP contribution in [0.4, 0.5) is 0 Å². The number of nitrogens with one attached hydrogen (secondary N) is 1. The molecule has 3 nitrogen and oxygen atoms in total. The second kappa shape index (κ2) is 6.99. The van der Waals surface area contributed by atoms with Crippen LogP contribution < -0.4 is 10.1 Å². The lowest BCUT2D eigenvalue weighted by molar-refractivity contribution is 0.302. The maximum Gasteiger partial charge on any atom is 0.123 e. The molecule has 4 heteroatoms. The molecule has 17 heavy (non-hydrogen) atoms. The van der Waals surface area contributed by atoms with Crippen molar-refractivity contribution in [1.29, 1.82) is 0 Å². The molecule has 0 aliphatic rings. The minimum absolute atomic E-state index is 0.521. The lowest BCUT2D eigenvalue weighted by atomic mass is 10.2. The molecule has 0 saturated heterocycles. The van der Waals surface area contributed by atoms with Gasteiger partial charge in [-0.15, -0.1) is 0 Å². The highest BCUT2D eigenvalue weighted by atomic mass is 79.9. The lowest BCUT2D eigenvalue weighted by Crippen LogP contribution is -2.35. The van der Waals surface area contributed by atoms with Crippen LogP contribution in [-0.4, -0.2) is 38.7 Å². The van der Waals surface area contributed by atoms with Crippen molar-refractivity contribution in [3.8, 4) is 5.75 Å². The van der Waals surface area contributed by atoms with Crippen LogP contribution in [0.1, 0.15) is 12.5 Å². The Bertz CT molecular complexity index is 355. The minimum Gasteiger partial charge on any atom is -0.496 e. The Kier molecular flexibility index (Phi) is 5.95. The van der Waals surface area contributed by atoms with Crippen molar-refractivity contribution in [3.63, 3.8) is 0 Å². The molecule has 0 amide bonds. The smallest absolute Gasteiger partial charge is 0.123 e. The molecule has 1 unspecified atom stereocenters. The monoisotopic (exact) mass is 300 g/mol. The molecule has 1 aromatic carbocycles. The summed E-state index contributed by atoms with van der Waals surface area (Å²) in [5.74, 6) is 0.929. The number of nitrogens with zero attached hydrogens (tertiary/aromatic N) is 1. The summed E-state index contributed by atoms with van der Waals surface area (Å²) in [6.07, 6.45) is 0. The highest BCUT2D eigenvalue weighted by Crippen LogP contribution is 2.22. The fourth-order valence-corrected chi connectivity index (χ4v) is 1.89. The van der Waals surface area contributed by atoms with E-state index in [4.69, 9.17) is 4.74 Å². The van der Waals surface area contributed by atoms with E-state index in [1.807, 2.05) is 12.1 Å². The zero-order valence-electron chi connectivity index (χ0n) is 11.0. The first-order valence-corrected chi connectivity index (χ1v) is 6.53. The highest BCUT2D eigenvalue weighted by Gasteiger charge is 2.06. The van der Waals surface area contributed by atoms with Crippen molar-refractivity contribution in [2.45, 2.75) is 19.5 Å². The zero-order chi connectivity index (χ0) is 12.8. The summed E-state index contributed by atoms with van der Waals surface area (Å²) in [6, 6.07) is 6.58. The third-order valence-electron chi connectivity index (χ3n) is 2.88. The summed E-state index contributed by atoms with van der Waals surface area (Å²) in [5, 5.41) is 3.44. The second-order valence-corrected chi connectivity index (χ2v) is 5.32. The van der Waals surface area contributed by atoms with E-state index in [-0.39, 0.29) is 0 Å². The van der Waals surface area contributed by atoms with Crippen molar-refractivity contribution in [1.82, 2.24) is 10.2 Å². The lowest BCUT2D eigenvalue weighted by Gasteiger charge is -2.20. The molecule has 0 fully saturated rings. The van der Waals surface area contributed by atoms with Gasteiger partial charge in [-0.2, -0.15) is 0 Å². The summed E-state index contributed by atoms with van der Waals surface area (Å²) in [4.78, 5) is 2.20. The van der Waals surface area contributed by atoms with Crippen molar-refractivity contribution in [3.05, 3.63) is 28.2 Å². The van der Waals surface area contributed by atoms with Crippen LogP contribution in [-0.2, 0) is 6.54 Å². The number of hydrogen-bond acceptors (Lipinski definition) is 3. The maximum absolute atomic E-state index is 5.33. The second-order valence-electron chi connectivity index (χ2n) is 4.40. The first-order chi connectivity index (χ1) is 8.04. The third-order valence-corrected chi connectivity index (χ3v) is 3.37. The van der Waals surface area contributed by atoms with Gasteiger partial charge in [-0.05, 0) is 39.2 Å². The van der Waals surface area contributed by atoms with Gasteiger partial charge in [0.2, 0.25) is 0 Å². The van der Waals surface area contributed by atoms with Crippen molar-refractivity contribution in [2.24, 2.45) is 0 Å². The molecule has 1 N–H and O–H groups in total. The van der Waals surface area contributed by atoms with E-state index in [0.717, 1.165) is 23.3 Å². The first-order valence-electron chi connectivity index (χ1n) is 5.74. The molecule has 0 aliphatic carbocycles. The largest absolute Gasteiger partial charge is 0.496 e. The van der Waals surface area contributed by atoms with Gasteiger partial charge < -0.3 is 15.0 Å². The van der Waals surface area contributed by atoms with Gasteiger partial charge in [0.05, 0.1) is 7.11 Å². The zero-order valence-corrected chi connectivity index (χ0v) is 12.5. The van der Waals surface area contributed by atoms with E-state index >= 15 is 0 Å². The van der Waals surface area contributed by atoms with Gasteiger partial charge >= 0.3 is 0 Å². The Morgan fingerprint density at radius 2 is 2.12 bits per heavy atom. The number of halogens is 1. The molecule has 0 heterocycles. The average Bonchev–Trinajstić information content (AvgIpc) is 2.29. The van der Waals surface area contributed by atoms with Crippen LogP contribution in [0.15, 0.2) is 22.7 Å². The molecule has 0 saturated carbocycles. The molecule has 0 radical (unpaired) electrons. The van der Waals surface area contributed by atoms with E-state index in [0.29, 0.717) is 6.04 Å². The molecule has 0 bridgehead atoms. The summed E-state index contributed by atoms with van der Waals surface area (Å²) in [6.45, 7) is 3.98. The van der Waals surface area contributed by atoms with Crippen molar-refractivity contribution in [2.75, 3.05) is 27.7 Å². The Morgan fingerprint density at radius 3 is 2.71 bits per heavy atom. The predicted molar refractivity (Wildman–Crippen MR) is 75.5 cm³/mol. The fourth-order valence-electron chi connectivity index (χ4n) is 1.48. The topological polar surface area (TPSA) is 24.5 Å². The predicted octanol–water partition coefficient (Wildman–Crippen LogP) is 2.50. The quantitative estimate of drug-likeness (QED) is 0.874. The van der Waals surface area contributed by atoms with Gasteiger partial charge in [0.25, 0.3) is 0 Å². The number of rotatable bonds is 6. The average molecular weight is 301 g/mol. The van der Waals surface area contributed by atoms with Crippen LogP contribution in [0.25, 0.3) is 0 Å². The van der Waals surface area contributed by atoms with E-state index in [1.54, 1.807) is 7.11 Å². The van der Waals surface area contributed by atoms with Crippen molar-refractivity contribution < 1.29 is 4.74 Å². The number of likely N-dealkylation sites (N-methyl/N-ethyl adjacent to an activating group) is 1. The first kappa shape index (κ1) is 14.5. The molecule has 1 atom stereocenters. The van der Waals surface area contributed by atoms with E-state index in [1.165, 1.54) is 5.56 Å². The summed E-state index contributed by atoms with van der Waals surface area (Å²) in [7, 11) is 5.88. The summed E-state index contributed by atoms with van der Waals surface area (Å²) >= 11 is 3.48. The molecule has 1 rings (SSSR count). The van der Waals surface area contributed by atoms with Gasteiger partial charge in [-0.25, -0.2) is 0 Å². The van der Waals surface area contributed by atoms with Gasteiger partial charge in [-0.3, -0.25) is 0 Å². The third kappa shape index (κ3) is 4.66. The van der Waals surface area contributed by atoms with Gasteiger partial charge in [0, 0.05) is 29.2 Å². The molecule has 0 aliphatic heterocycles. The van der Waals surface area contributed by atoms with Crippen LogP contribution in [0.3, 0.4) is 0 Å². The SMILES string of the molecule is COc1ccc(Br)cc1CNCC(C)N(C)C. The molecular formula is C13H21BrN2O. The molecular weight excluding hydrogens is 280 g/mol. The van der Waals surface area contributed by atoms with Crippen LogP contribution in [0, 0.1) is 0 Å². The van der Waals surface area contributed by atoms with Crippen LogP contribution in [0.5, 0.6) is 5.75 Å². The van der Waals surface area contributed by atoms with Crippen LogP contribution >= 0.6 is 15.9 Å². The van der Waals surface area contributed by atoms with Gasteiger partial charge in [0.15, 0.2) is 0 Å².